The lowest BCUT2D eigenvalue weighted by Gasteiger charge is -2.53. The fourth-order valence-corrected chi connectivity index (χ4v) is 3.09. The predicted molar refractivity (Wildman–Crippen MR) is 70.5 cm³/mol. The molecule has 1 saturated carbocycles. The lowest BCUT2D eigenvalue weighted by atomic mass is 9.68. The number of nitrogens with two attached hydrogens (primary N) is 1. The Morgan fingerprint density at radius 1 is 1.47 bits per heavy atom. The fraction of sp³-hybridized carbons (Fsp3) is 0.643. The molecule has 0 saturated heterocycles. The summed E-state index contributed by atoms with van der Waals surface area (Å²) in [6.07, 6.45) is 4.32. The Balaban J connectivity index is 2.06. The van der Waals surface area contributed by atoms with Gasteiger partial charge < -0.3 is 5.73 Å². The van der Waals surface area contributed by atoms with E-state index < -0.39 is 0 Å². The number of aromatic nitrogens is 1. The average molecular weight is 233 g/mol. The van der Waals surface area contributed by atoms with Crippen molar-refractivity contribution in [1.82, 2.24) is 9.88 Å². The van der Waals surface area contributed by atoms with E-state index in [0.29, 0.717) is 0 Å². The van der Waals surface area contributed by atoms with Gasteiger partial charge in [-0.2, -0.15) is 0 Å². The molecule has 94 valence electrons. The van der Waals surface area contributed by atoms with Gasteiger partial charge in [0.15, 0.2) is 0 Å². The molecular formula is C14H23N3. The van der Waals surface area contributed by atoms with E-state index >= 15 is 0 Å². The van der Waals surface area contributed by atoms with Crippen LogP contribution >= 0.6 is 0 Å². The summed E-state index contributed by atoms with van der Waals surface area (Å²) >= 11 is 0. The van der Waals surface area contributed by atoms with Gasteiger partial charge in [-0.3, -0.25) is 9.88 Å². The molecule has 0 atom stereocenters. The number of hydrogen-bond donors (Lipinski definition) is 1. The molecule has 0 bridgehead atoms. The molecule has 1 aromatic rings. The molecule has 17 heavy (non-hydrogen) atoms. The Labute approximate surface area is 104 Å². The van der Waals surface area contributed by atoms with Gasteiger partial charge in [-0.05, 0) is 37.4 Å². The second kappa shape index (κ2) is 5.15. The minimum absolute atomic E-state index is 0.228. The van der Waals surface area contributed by atoms with Gasteiger partial charge in [-0.15, -0.1) is 0 Å². The smallest absolute Gasteiger partial charge is 0.0544 e. The molecule has 3 heteroatoms. The fourth-order valence-electron chi connectivity index (χ4n) is 3.09. The number of hydrogen-bond acceptors (Lipinski definition) is 3. The molecule has 1 fully saturated rings. The molecule has 0 radical (unpaired) electrons. The van der Waals surface area contributed by atoms with E-state index in [1.54, 1.807) is 0 Å². The minimum Gasteiger partial charge on any atom is -0.329 e. The first kappa shape index (κ1) is 12.5. The summed E-state index contributed by atoms with van der Waals surface area (Å²) in [6, 6.07) is 6.10. The second-order valence-corrected chi connectivity index (χ2v) is 5.28. The van der Waals surface area contributed by atoms with Crippen LogP contribution in [0.4, 0.5) is 0 Å². The van der Waals surface area contributed by atoms with Gasteiger partial charge in [0, 0.05) is 24.8 Å². The molecule has 1 aliphatic rings. The van der Waals surface area contributed by atoms with Crippen LogP contribution < -0.4 is 5.73 Å². The highest BCUT2D eigenvalue weighted by Crippen LogP contribution is 2.41. The summed E-state index contributed by atoms with van der Waals surface area (Å²) in [4.78, 5) is 6.90. The molecule has 0 unspecified atom stereocenters. The van der Waals surface area contributed by atoms with E-state index in [1.807, 2.05) is 12.3 Å². The van der Waals surface area contributed by atoms with Gasteiger partial charge in [0.25, 0.3) is 0 Å². The molecule has 1 aromatic heterocycles. The van der Waals surface area contributed by atoms with E-state index in [4.69, 9.17) is 5.73 Å². The standard InChI is InChI=1S/C14H23N3/c1-3-17(10-13-6-4-5-7-16-13)14(11-15)8-12(2)9-14/h4-7,12H,3,8-11,15H2,1-2H3. The summed E-state index contributed by atoms with van der Waals surface area (Å²) < 4.78 is 0. The Morgan fingerprint density at radius 3 is 2.71 bits per heavy atom. The first-order chi connectivity index (χ1) is 8.20. The third kappa shape index (κ3) is 2.50. The molecule has 2 rings (SSSR count). The lowest BCUT2D eigenvalue weighted by molar-refractivity contribution is -0.0159. The van der Waals surface area contributed by atoms with Crippen molar-refractivity contribution in [2.75, 3.05) is 13.1 Å². The van der Waals surface area contributed by atoms with Crippen LogP contribution in [0.1, 0.15) is 32.4 Å². The molecular weight excluding hydrogens is 210 g/mol. The van der Waals surface area contributed by atoms with E-state index in [2.05, 4.69) is 35.9 Å². The summed E-state index contributed by atoms with van der Waals surface area (Å²) in [6.45, 7) is 7.24. The van der Waals surface area contributed by atoms with Crippen LogP contribution in [-0.4, -0.2) is 28.5 Å². The molecule has 1 heterocycles. The maximum Gasteiger partial charge on any atom is 0.0544 e. The van der Waals surface area contributed by atoms with Crippen LogP contribution in [0.5, 0.6) is 0 Å². The van der Waals surface area contributed by atoms with Crippen molar-refractivity contribution in [2.45, 2.75) is 38.8 Å². The molecule has 0 aliphatic heterocycles. The Bertz CT molecular complexity index is 344. The van der Waals surface area contributed by atoms with Crippen molar-refractivity contribution in [2.24, 2.45) is 11.7 Å². The quantitative estimate of drug-likeness (QED) is 0.846. The van der Waals surface area contributed by atoms with Crippen LogP contribution in [0.2, 0.25) is 0 Å². The highest BCUT2D eigenvalue weighted by atomic mass is 15.2. The van der Waals surface area contributed by atoms with Gasteiger partial charge in [-0.1, -0.05) is 19.9 Å². The summed E-state index contributed by atoms with van der Waals surface area (Å²) in [5, 5.41) is 0. The van der Waals surface area contributed by atoms with Gasteiger partial charge in [0.05, 0.1) is 5.69 Å². The van der Waals surface area contributed by atoms with Gasteiger partial charge in [0.2, 0.25) is 0 Å². The summed E-state index contributed by atoms with van der Waals surface area (Å²) in [5.74, 6) is 0.816. The summed E-state index contributed by atoms with van der Waals surface area (Å²) in [7, 11) is 0. The molecule has 3 nitrogen and oxygen atoms in total. The third-order valence-corrected chi connectivity index (χ3v) is 3.97. The highest BCUT2D eigenvalue weighted by molar-refractivity contribution is 5.07. The first-order valence-corrected chi connectivity index (χ1v) is 6.55. The highest BCUT2D eigenvalue weighted by Gasteiger charge is 2.44. The van der Waals surface area contributed by atoms with E-state index in [-0.39, 0.29) is 5.54 Å². The third-order valence-electron chi connectivity index (χ3n) is 3.97. The zero-order valence-electron chi connectivity index (χ0n) is 10.9. The van der Waals surface area contributed by atoms with Gasteiger partial charge in [0.1, 0.15) is 0 Å². The number of likely N-dealkylation sites (N-methyl/N-ethyl adjacent to an activating group) is 1. The first-order valence-electron chi connectivity index (χ1n) is 6.55. The molecule has 0 spiro atoms. The van der Waals surface area contributed by atoms with Crippen LogP contribution in [0.25, 0.3) is 0 Å². The van der Waals surface area contributed by atoms with Crippen molar-refractivity contribution in [3.05, 3.63) is 30.1 Å². The maximum atomic E-state index is 6.00. The SMILES string of the molecule is CCN(Cc1ccccn1)C1(CN)CC(C)C1. The maximum absolute atomic E-state index is 6.00. The number of rotatable bonds is 5. The van der Waals surface area contributed by atoms with Crippen molar-refractivity contribution < 1.29 is 0 Å². The predicted octanol–water partition coefficient (Wildman–Crippen LogP) is 2.03. The molecule has 2 N–H and O–H groups in total. The second-order valence-electron chi connectivity index (χ2n) is 5.28. The number of nitrogens with zero attached hydrogens (tertiary/aromatic N) is 2. The van der Waals surface area contributed by atoms with Crippen molar-refractivity contribution in [3.8, 4) is 0 Å². The normalized spacial score (nSPS) is 28.1. The Kier molecular flexibility index (Phi) is 3.79. The van der Waals surface area contributed by atoms with Crippen LogP contribution in [0.15, 0.2) is 24.4 Å². The molecule has 0 amide bonds. The zero-order valence-corrected chi connectivity index (χ0v) is 10.9. The molecule has 0 aromatic carbocycles. The van der Waals surface area contributed by atoms with Crippen molar-refractivity contribution in [1.29, 1.82) is 0 Å². The average Bonchev–Trinajstić information content (AvgIpc) is 2.33. The van der Waals surface area contributed by atoms with E-state index in [1.165, 1.54) is 12.8 Å². The van der Waals surface area contributed by atoms with E-state index in [0.717, 1.165) is 31.2 Å². The monoisotopic (exact) mass is 233 g/mol. The minimum atomic E-state index is 0.228. The summed E-state index contributed by atoms with van der Waals surface area (Å²) in [5.41, 5.74) is 7.37. The van der Waals surface area contributed by atoms with Crippen LogP contribution in [0, 0.1) is 5.92 Å². The van der Waals surface area contributed by atoms with E-state index in [9.17, 15) is 0 Å². The van der Waals surface area contributed by atoms with Crippen molar-refractivity contribution >= 4 is 0 Å². The van der Waals surface area contributed by atoms with Crippen LogP contribution in [-0.2, 0) is 6.54 Å². The Hall–Kier alpha value is -0.930. The van der Waals surface area contributed by atoms with Crippen LogP contribution in [0.3, 0.4) is 0 Å². The largest absolute Gasteiger partial charge is 0.329 e. The zero-order chi connectivity index (χ0) is 12.3. The van der Waals surface area contributed by atoms with Gasteiger partial charge >= 0.3 is 0 Å². The molecule has 1 aliphatic carbocycles. The van der Waals surface area contributed by atoms with Crippen molar-refractivity contribution in [3.63, 3.8) is 0 Å². The lowest BCUT2D eigenvalue weighted by Crippen LogP contribution is -2.60. The topological polar surface area (TPSA) is 42.2 Å². The number of pyridine rings is 1. The Morgan fingerprint density at radius 2 is 2.24 bits per heavy atom. The van der Waals surface area contributed by atoms with Gasteiger partial charge in [-0.25, -0.2) is 0 Å².